The molecule has 142 valence electrons. The lowest BCUT2D eigenvalue weighted by molar-refractivity contribution is -0.127. The van der Waals surface area contributed by atoms with Gasteiger partial charge in [0.05, 0.1) is 0 Å². The highest BCUT2D eigenvalue weighted by Crippen LogP contribution is 2.19. The normalized spacial score (nSPS) is 11.5. The van der Waals surface area contributed by atoms with Crippen LogP contribution in [0.3, 0.4) is 0 Å². The Labute approximate surface area is 173 Å². The summed E-state index contributed by atoms with van der Waals surface area (Å²) in [7, 11) is 3.48. The van der Waals surface area contributed by atoms with Gasteiger partial charge in [-0.15, -0.1) is 24.0 Å². The summed E-state index contributed by atoms with van der Waals surface area (Å²) in [5.41, 5.74) is 1.28. The average Bonchev–Trinajstić information content (AvgIpc) is 2.57. The highest BCUT2D eigenvalue weighted by molar-refractivity contribution is 14.0. The summed E-state index contributed by atoms with van der Waals surface area (Å²) in [6, 6.07) is 10.3. The van der Waals surface area contributed by atoms with E-state index in [1.54, 1.807) is 30.8 Å². The number of guanidine groups is 1. The Morgan fingerprint density at radius 3 is 2.40 bits per heavy atom. The third kappa shape index (κ3) is 10.6. The number of thioether (sulfide) groups is 1. The fourth-order valence-electron chi connectivity index (χ4n) is 1.80. The van der Waals surface area contributed by atoms with E-state index >= 15 is 0 Å². The maximum absolute atomic E-state index is 11.8. The van der Waals surface area contributed by atoms with Gasteiger partial charge in [0.1, 0.15) is 6.54 Å². The lowest BCUT2D eigenvalue weighted by atomic mass is 10.1. The van der Waals surface area contributed by atoms with E-state index < -0.39 is 0 Å². The molecule has 2 N–H and O–H groups in total. The lowest BCUT2D eigenvalue weighted by Gasteiger charge is -2.24. The van der Waals surface area contributed by atoms with Gasteiger partial charge in [-0.05, 0) is 32.1 Å². The number of halogens is 1. The van der Waals surface area contributed by atoms with Gasteiger partial charge < -0.3 is 15.5 Å². The topological polar surface area (TPSA) is 56.7 Å². The molecule has 0 fully saturated rings. The molecule has 1 rings (SSSR count). The van der Waals surface area contributed by atoms with Crippen LogP contribution in [0.4, 0.5) is 0 Å². The lowest BCUT2D eigenvalue weighted by Crippen LogP contribution is -2.44. The number of likely N-dealkylation sites (N-methyl/N-ethyl adjacent to an activating group) is 1. The molecule has 0 unspecified atom stereocenters. The first-order valence-corrected chi connectivity index (χ1v) is 9.38. The summed E-state index contributed by atoms with van der Waals surface area (Å²) in [6.45, 7) is 6.05. The first-order chi connectivity index (χ1) is 11.3. The molecule has 0 atom stereocenters. The quantitative estimate of drug-likeness (QED) is 0.343. The van der Waals surface area contributed by atoms with Crippen LogP contribution in [0.15, 0.2) is 35.3 Å². The first-order valence-electron chi connectivity index (χ1n) is 8.15. The molecule has 0 aliphatic heterocycles. The van der Waals surface area contributed by atoms with Crippen LogP contribution in [-0.4, -0.2) is 61.5 Å². The number of nitrogens with zero attached hydrogens (tertiary/aromatic N) is 2. The molecular formula is C18H31IN4OS. The largest absolute Gasteiger partial charge is 0.356 e. The summed E-state index contributed by atoms with van der Waals surface area (Å²) in [6.07, 6.45) is 3.01. The smallest absolute Gasteiger partial charge is 0.243 e. The van der Waals surface area contributed by atoms with Crippen molar-refractivity contribution in [1.29, 1.82) is 0 Å². The standard InChI is InChI=1S/C18H30N4OS.HI/c1-18(2,24-5)14-21-17(20-13-16(23)22(3)4)19-12-11-15-9-7-6-8-10-15;/h6-10H,11-14H2,1-5H3,(H2,19,20,21);1H. The maximum atomic E-state index is 11.8. The molecule has 0 aromatic heterocycles. The van der Waals surface area contributed by atoms with E-state index in [9.17, 15) is 4.79 Å². The molecule has 0 spiro atoms. The summed E-state index contributed by atoms with van der Waals surface area (Å²) < 4.78 is 0.105. The molecule has 0 bridgehead atoms. The Kier molecular flexibility index (Phi) is 11.9. The van der Waals surface area contributed by atoms with Crippen LogP contribution in [0.2, 0.25) is 0 Å². The molecule has 0 saturated heterocycles. The summed E-state index contributed by atoms with van der Waals surface area (Å²) >= 11 is 1.80. The van der Waals surface area contributed by atoms with Crippen LogP contribution < -0.4 is 10.6 Å². The van der Waals surface area contributed by atoms with Gasteiger partial charge in [-0.25, -0.2) is 4.99 Å². The Morgan fingerprint density at radius 2 is 1.84 bits per heavy atom. The SMILES string of the molecule is CSC(C)(C)CNC(=NCC(=O)N(C)C)NCCc1ccccc1.I. The second-order valence-electron chi connectivity index (χ2n) is 6.43. The van der Waals surface area contributed by atoms with Crippen LogP contribution in [0, 0.1) is 0 Å². The minimum atomic E-state index is -0.0108. The Hall–Kier alpha value is -0.960. The Bertz CT molecular complexity index is 535. The predicted molar refractivity (Wildman–Crippen MR) is 120 cm³/mol. The number of hydrogen-bond donors (Lipinski definition) is 2. The molecule has 1 aromatic rings. The zero-order chi connectivity index (χ0) is 18.0. The van der Waals surface area contributed by atoms with Crippen LogP contribution in [0.5, 0.6) is 0 Å². The first kappa shape index (κ1) is 24.0. The second kappa shape index (κ2) is 12.4. The third-order valence-electron chi connectivity index (χ3n) is 3.65. The van der Waals surface area contributed by atoms with E-state index in [0.29, 0.717) is 5.96 Å². The van der Waals surface area contributed by atoms with Gasteiger partial charge in [-0.2, -0.15) is 11.8 Å². The van der Waals surface area contributed by atoms with Gasteiger partial charge in [0.2, 0.25) is 5.91 Å². The van der Waals surface area contributed by atoms with Crippen molar-refractivity contribution in [2.24, 2.45) is 4.99 Å². The number of carbonyl (C=O) groups is 1. The monoisotopic (exact) mass is 478 g/mol. The van der Waals surface area contributed by atoms with Crippen molar-refractivity contribution in [3.05, 3.63) is 35.9 Å². The Balaban J connectivity index is 0.00000576. The minimum Gasteiger partial charge on any atom is -0.356 e. The molecule has 1 amide bonds. The zero-order valence-electron chi connectivity index (χ0n) is 15.8. The summed E-state index contributed by atoms with van der Waals surface area (Å²) in [5.74, 6) is 0.673. The molecule has 25 heavy (non-hydrogen) atoms. The van der Waals surface area contributed by atoms with Gasteiger partial charge >= 0.3 is 0 Å². The fourth-order valence-corrected chi connectivity index (χ4v) is 2.02. The highest BCUT2D eigenvalue weighted by atomic mass is 127. The number of hydrogen-bond acceptors (Lipinski definition) is 3. The zero-order valence-corrected chi connectivity index (χ0v) is 19.0. The van der Waals surface area contributed by atoms with Crippen molar-refractivity contribution in [1.82, 2.24) is 15.5 Å². The van der Waals surface area contributed by atoms with Gasteiger partial charge in [0, 0.05) is 31.9 Å². The van der Waals surface area contributed by atoms with Crippen molar-refractivity contribution < 1.29 is 4.79 Å². The van der Waals surface area contributed by atoms with Gasteiger partial charge in [-0.3, -0.25) is 4.79 Å². The van der Waals surface area contributed by atoms with Gasteiger partial charge in [-0.1, -0.05) is 30.3 Å². The molecule has 0 aliphatic carbocycles. The van der Waals surface area contributed by atoms with E-state index in [0.717, 1.165) is 19.5 Å². The highest BCUT2D eigenvalue weighted by Gasteiger charge is 2.16. The molecule has 7 heteroatoms. The number of aliphatic imine (C=N–C) groups is 1. The Morgan fingerprint density at radius 1 is 1.20 bits per heavy atom. The van der Waals surface area contributed by atoms with Gasteiger partial charge in [0.15, 0.2) is 5.96 Å². The van der Waals surface area contributed by atoms with Gasteiger partial charge in [0.25, 0.3) is 0 Å². The van der Waals surface area contributed by atoms with Crippen LogP contribution in [0.25, 0.3) is 0 Å². The molecular weight excluding hydrogens is 447 g/mol. The van der Waals surface area contributed by atoms with E-state index in [2.05, 4.69) is 47.9 Å². The molecule has 1 aromatic carbocycles. The number of carbonyl (C=O) groups excluding carboxylic acids is 1. The summed E-state index contributed by atoms with van der Waals surface area (Å²) in [4.78, 5) is 17.7. The van der Waals surface area contributed by atoms with E-state index in [1.165, 1.54) is 5.56 Å². The average molecular weight is 478 g/mol. The number of amides is 1. The molecule has 0 aliphatic rings. The van der Waals surface area contributed by atoms with E-state index in [-0.39, 0.29) is 41.2 Å². The van der Waals surface area contributed by atoms with Crippen molar-refractivity contribution in [2.75, 3.05) is 40.0 Å². The number of nitrogens with one attached hydrogen (secondary N) is 2. The number of benzene rings is 1. The molecule has 5 nitrogen and oxygen atoms in total. The summed E-state index contributed by atoms with van der Waals surface area (Å²) in [5, 5.41) is 6.66. The third-order valence-corrected chi connectivity index (χ3v) is 4.90. The molecule has 0 saturated carbocycles. The molecule has 0 radical (unpaired) electrons. The second-order valence-corrected chi connectivity index (χ2v) is 7.95. The van der Waals surface area contributed by atoms with Crippen molar-refractivity contribution in [2.45, 2.75) is 25.0 Å². The van der Waals surface area contributed by atoms with Crippen molar-refractivity contribution >= 4 is 47.6 Å². The van der Waals surface area contributed by atoms with Crippen LogP contribution >= 0.6 is 35.7 Å². The predicted octanol–water partition coefficient (Wildman–Crippen LogP) is 2.61. The van der Waals surface area contributed by atoms with Crippen LogP contribution in [-0.2, 0) is 11.2 Å². The van der Waals surface area contributed by atoms with Crippen molar-refractivity contribution in [3.63, 3.8) is 0 Å². The van der Waals surface area contributed by atoms with E-state index in [1.807, 2.05) is 18.2 Å². The van der Waals surface area contributed by atoms with E-state index in [4.69, 9.17) is 0 Å². The number of rotatable bonds is 8. The molecule has 0 heterocycles. The minimum absolute atomic E-state index is 0. The van der Waals surface area contributed by atoms with Crippen LogP contribution in [0.1, 0.15) is 19.4 Å². The fraction of sp³-hybridized carbons (Fsp3) is 0.556. The maximum Gasteiger partial charge on any atom is 0.243 e. The van der Waals surface area contributed by atoms with Crippen molar-refractivity contribution in [3.8, 4) is 0 Å².